The maximum absolute atomic E-state index is 11.6. The zero-order valence-electron chi connectivity index (χ0n) is 14.0. The number of H-pyrrole nitrogens is 1. The monoisotopic (exact) mass is 316 g/mol. The highest BCUT2D eigenvalue weighted by Gasteiger charge is 2.17. The average Bonchev–Trinajstić information content (AvgIpc) is 2.58. The Morgan fingerprint density at radius 2 is 1.65 bits per heavy atom. The number of para-hydroxylation sites is 1. The van der Waals surface area contributed by atoms with Gasteiger partial charge in [0, 0.05) is 31.6 Å². The number of hydrogen-bond acceptors (Lipinski definition) is 4. The number of aromatic amines is 1. The fraction of sp³-hybridized carbons (Fsp3) is 0.529. The van der Waals surface area contributed by atoms with Gasteiger partial charge in [-0.25, -0.2) is 4.79 Å². The number of likely N-dealkylation sites (N-methyl/N-ethyl adjacent to an activating group) is 1. The number of hydrogen-bond donors (Lipinski definition) is 1. The summed E-state index contributed by atoms with van der Waals surface area (Å²) in [4.78, 5) is 23.0. The van der Waals surface area contributed by atoms with Gasteiger partial charge in [-0.2, -0.15) is 4.98 Å². The summed E-state index contributed by atoms with van der Waals surface area (Å²) in [5, 5.41) is 1.02. The van der Waals surface area contributed by atoms with Crippen LogP contribution in [0.3, 0.4) is 0 Å². The molecule has 0 saturated carbocycles. The van der Waals surface area contributed by atoms with Crippen molar-refractivity contribution in [2.75, 3.05) is 38.1 Å². The second-order valence-corrected chi connectivity index (χ2v) is 4.70. The summed E-state index contributed by atoms with van der Waals surface area (Å²) in [6.07, 6.45) is 0. The van der Waals surface area contributed by atoms with E-state index in [0.29, 0.717) is 0 Å². The number of nitrogens with zero attached hydrogens (tertiary/aromatic N) is 3. The molecule has 2 radical (unpaired) electrons. The summed E-state index contributed by atoms with van der Waals surface area (Å²) >= 11 is 0. The minimum absolute atomic E-state index is 0. The van der Waals surface area contributed by atoms with Crippen molar-refractivity contribution < 1.29 is 0 Å². The standard InChI is InChI=1S/C13H16N4O.C2H6.CH3B.CH4/c1-16-6-8-17(9-7-16)12-10-4-2-3-5-11(10)14-13(18)15-12;2*1-2;/h2-5H,6-9H2,1H3,(H,14,15,18);1-2H3;1H3;1H4. The van der Waals surface area contributed by atoms with Crippen LogP contribution >= 0.6 is 0 Å². The fourth-order valence-corrected chi connectivity index (χ4v) is 2.35. The molecule has 3 rings (SSSR count). The molecule has 2 aromatic rings. The van der Waals surface area contributed by atoms with E-state index in [2.05, 4.69) is 34.7 Å². The zero-order chi connectivity index (χ0) is 16.5. The Morgan fingerprint density at radius 1 is 1.09 bits per heavy atom. The molecular formula is C17H29BN4O. The number of rotatable bonds is 1. The highest BCUT2D eigenvalue weighted by atomic mass is 16.1. The quantitative estimate of drug-likeness (QED) is 0.822. The smallest absolute Gasteiger partial charge is 0.347 e. The summed E-state index contributed by atoms with van der Waals surface area (Å²) in [7, 11) is 6.61. The second-order valence-electron chi connectivity index (χ2n) is 4.70. The molecule has 23 heavy (non-hydrogen) atoms. The topological polar surface area (TPSA) is 52.2 Å². The Bertz CT molecular complexity index is 621. The van der Waals surface area contributed by atoms with Gasteiger partial charge < -0.3 is 14.8 Å². The van der Waals surface area contributed by atoms with Crippen LogP contribution < -0.4 is 10.6 Å². The predicted octanol–water partition coefficient (Wildman–Crippen LogP) is 2.54. The molecule has 2 heterocycles. The summed E-state index contributed by atoms with van der Waals surface area (Å²) in [6, 6.07) is 7.82. The molecule has 0 unspecified atom stereocenters. The first-order valence-electron chi connectivity index (χ1n) is 7.74. The molecule has 126 valence electrons. The Labute approximate surface area is 141 Å². The highest BCUT2D eigenvalue weighted by molar-refractivity contribution is 6.05. The van der Waals surface area contributed by atoms with E-state index < -0.39 is 0 Å². The van der Waals surface area contributed by atoms with Crippen LogP contribution in [0.5, 0.6) is 0 Å². The van der Waals surface area contributed by atoms with E-state index in [1.165, 1.54) is 6.82 Å². The van der Waals surface area contributed by atoms with Crippen molar-refractivity contribution in [3.05, 3.63) is 34.7 Å². The van der Waals surface area contributed by atoms with E-state index in [1.54, 1.807) is 0 Å². The number of aromatic nitrogens is 2. The van der Waals surface area contributed by atoms with Gasteiger partial charge >= 0.3 is 5.69 Å². The van der Waals surface area contributed by atoms with Crippen LogP contribution in [0.15, 0.2) is 29.1 Å². The van der Waals surface area contributed by atoms with Crippen LogP contribution in [0.4, 0.5) is 5.82 Å². The summed E-state index contributed by atoms with van der Waals surface area (Å²) < 4.78 is 0. The Kier molecular flexibility index (Phi) is 9.98. The van der Waals surface area contributed by atoms with Crippen LogP contribution in [-0.2, 0) is 0 Å². The molecule has 6 heteroatoms. The predicted molar refractivity (Wildman–Crippen MR) is 102 cm³/mol. The third-order valence-corrected chi connectivity index (χ3v) is 3.42. The van der Waals surface area contributed by atoms with E-state index in [0.717, 1.165) is 42.9 Å². The van der Waals surface area contributed by atoms with Crippen molar-refractivity contribution in [2.24, 2.45) is 0 Å². The number of fused-ring (bicyclic) bond motifs is 1. The molecule has 1 saturated heterocycles. The highest BCUT2D eigenvalue weighted by Crippen LogP contribution is 2.22. The van der Waals surface area contributed by atoms with Gasteiger partial charge in [-0.05, 0) is 19.2 Å². The molecule has 1 aromatic heterocycles. The van der Waals surface area contributed by atoms with E-state index in [1.807, 2.05) is 38.1 Å². The molecular weight excluding hydrogens is 287 g/mol. The van der Waals surface area contributed by atoms with Gasteiger partial charge in [0.05, 0.1) is 13.4 Å². The first-order valence-corrected chi connectivity index (χ1v) is 7.74. The summed E-state index contributed by atoms with van der Waals surface area (Å²) in [6.45, 7) is 9.33. The lowest BCUT2D eigenvalue weighted by Gasteiger charge is -2.33. The maximum Gasteiger partial charge on any atom is 0.347 e. The Hall–Kier alpha value is -1.82. The molecule has 1 fully saturated rings. The molecule has 1 N–H and O–H groups in total. The summed E-state index contributed by atoms with van der Waals surface area (Å²) in [5.41, 5.74) is 0.578. The molecule has 0 aliphatic carbocycles. The van der Waals surface area contributed by atoms with Crippen LogP contribution in [0.2, 0.25) is 6.82 Å². The molecule has 0 bridgehead atoms. The maximum atomic E-state index is 11.6. The van der Waals surface area contributed by atoms with Gasteiger partial charge in [-0.3, -0.25) is 0 Å². The normalized spacial score (nSPS) is 14.0. The van der Waals surface area contributed by atoms with Gasteiger partial charge in [-0.15, -0.1) is 0 Å². The number of nitrogens with one attached hydrogen (secondary N) is 1. The van der Waals surface area contributed by atoms with Gasteiger partial charge in [0.25, 0.3) is 0 Å². The summed E-state index contributed by atoms with van der Waals surface area (Å²) in [5.74, 6) is 0.808. The van der Waals surface area contributed by atoms with Crippen LogP contribution in [0, 0.1) is 0 Å². The van der Waals surface area contributed by atoms with Gasteiger partial charge in [0.15, 0.2) is 0 Å². The molecule has 5 nitrogen and oxygen atoms in total. The van der Waals surface area contributed by atoms with E-state index >= 15 is 0 Å². The van der Waals surface area contributed by atoms with Crippen LogP contribution in [-0.4, -0.2) is 55.9 Å². The Balaban J connectivity index is 0.000000901. The van der Waals surface area contributed by atoms with Crippen molar-refractivity contribution >= 4 is 24.6 Å². The lowest BCUT2D eigenvalue weighted by Crippen LogP contribution is -2.45. The largest absolute Gasteiger partial charge is 0.353 e. The minimum Gasteiger partial charge on any atom is -0.353 e. The lowest BCUT2D eigenvalue weighted by atomic mass is 10.2. The van der Waals surface area contributed by atoms with Crippen LogP contribution in [0.1, 0.15) is 21.3 Å². The van der Waals surface area contributed by atoms with Crippen LogP contribution in [0.25, 0.3) is 10.9 Å². The van der Waals surface area contributed by atoms with E-state index in [4.69, 9.17) is 0 Å². The van der Waals surface area contributed by atoms with Gasteiger partial charge in [0.2, 0.25) is 0 Å². The zero-order valence-corrected chi connectivity index (χ0v) is 14.0. The lowest BCUT2D eigenvalue weighted by molar-refractivity contribution is 0.312. The third-order valence-electron chi connectivity index (χ3n) is 3.42. The van der Waals surface area contributed by atoms with Gasteiger partial charge in [-0.1, -0.05) is 40.2 Å². The van der Waals surface area contributed by atoms with Gasteiger partial charge in [0.1, 0.15) is 5.82 Å². The van der Waals surface area contributed by atoms with E-state index in [-0.39, 0.29) is 13.1 Å². The average molecular weight is 316 g/mol. The van der Waals surface area contributed by atoms with Crippen molar-refractivity contribution in [2.45, 2.75) is 28.1 Å². The molecule has 1 aromatic carbocycles. The van der Waals surface area contributed by atoms with E-state index in [9.17, 15) is 4.79 Å². The fourth-order valence-electron chi connectivity index (χ4n) is 2.35. The SMILES string of the molecule is C.CC.CN1CCN(c2nc(=O)[nH]c3ccccc23)CC1.[B]C. The number of piperazine rings is 1. The molecule has 1 aliphatic heterocycles. The third kappa shape index (κ3) is 5.39. The molecule has 0 amide bonds. The molecule has 1 aliphatic rings. The Morgan fingerprint density at radius 3 is 2.26 bits per heavy atom. The minimum atomic E-state index is -0.275. The van der Waals surface area contributed by atoms with Crippen molar-refractivity contribution in [3.8, 4) is 0 Å². The van der Waals surface area contributed by atoms with Crippen molar-refractivity contribution in [1.29, 1.82) is 0 Å². The number of benzene rings is 1. The van der Waals surface area contributed by atoms with Crippen molar-refractivity contribution in [1.82, 2.24) is 14.9 Å². The first-order chi connectivity index (χ1) is 10.7. The first kappa shape index (κ1) is 21.2. The van der Waals surface area contributed by atoms with Crippen molar-refractivity contribution in [3.63, 3.8) is 0 Å². The second kappa shape index (κ2) is 10.8. The molecule has 0 spiro atoms. The molecule has 0 atom stereocenters. The number of anilines is 1.